The summed E-state index contributed by atoms with van der Waals surface area (Å²) in [6, 6.07) is 7.52. The molecular formula is C19H24BrNO4. The van der Waals surface area contributed by atoms with Crippen molar-refractivity contribution in [1.29, 1.82) is 0 Å². The maximum Gasteiger partial charge on any atom is 0.329 e. The fraction of sp³-hybridized carbons (Fsp3) is 0.526. The molecule has 1 aliphatic rings. The van der Waals surface area contributed by atoms with Crippen molar-refractivity contribution in [3.63, 3.8) is 0 Å². The molecule has 1 aromatic rings. The number of carbonyl (C=O) groups is 3. The standard InChI is InChI=1S/C19H24BrNO4/c1-2-3-4-17(23)21(13-14-5-7-15(20)8-6-14)19(18(24)25)11-9-16(22)10-12-19/h5-8H,2-4,9-13H2,1H3,(H,24,25). The minimum Gasteiger partial charge on any atom is -0.479 e. The lowest BCUT2D eigenvalue weighted by molar-refractivity contribution is -0.164. The van der Waals surface area contributed by atoms with Gasteiger partial charge in [0.1, 0.15) is 11.3 Å². The first-order valence-corrected chi connectivity index (χ1v) is 9.48. The van der Waals surface area contributed by atoms with Gasteiger partial charge in [-0.25, -0.2) is 4.79 Å². The summed E-state index contributed by atoms with van der Waals surface area (Å²) in [7, 11) is 0. The van der Waals surface area contributed by atoms with Gasteiger partial charge in [0, 0.05) is 30.3 Å². The molecule has 0 radical (unpaired) electrons. The summed E-state index contributed by atoms with van der Waals surface area (Å²) < 4.78 is 0.927. The molecule has 0 saturated heterocycles. The van der Waals surface area contributed by atoms with E-state index in [2.05, 4.69) is 15.9 Å². The normalized spacial score (nSPS) is 16.5. The maximum atomic E-state index is 12.8. The van der Waals surface area contributed by atoms with Gasteiger partial charge in [-0.15, -0.1) is 0 Å². The summed E-state index contributed by atoms with van der Waals surface area (Å²) in [6.07, 6.45) is 2.73. The number of rotatable bonds is 7. The molecule has 0 atom stereocenters. The van der Waals surface area contributed by atoms with Gasteiger partial charge in [-0.3, -0.25) is 9.59 Å². The molecular weight excluding hydrogens is 386 g/mol. The number of nitrogens with zero attached hydrogens (tertiary/aromatic N) is 1. The van der Waals surface area contributed by atoms with Crippen LogP contribution >= 0.6 is 15.9 Å². The van der Waals surface area contributed by atoms with E-state index in [1.165, 1.54) is 4.90 Å². The summed E-state index contributed by atoms with van der Waals surface area (Å²) in [4.78, 5) is 38.1. The van der Waals surface area contributed by atoms with Gasteiger partial charge >= 0.3 is 5.97 Å². The highest BCUT2D eigenvalue weighted by Gasteiger charge is 2.48. The number of amides is 1. The average Bonchev–Trinajstić information content (AvgIpc) is 2.60. The molecule has 0 unspecified atom stereocenters. The molecule has 1 N–H and O–H groups in total. The zero-order chi connectivity index (χ0) is 18.4. The van der Waals surface area contributed by atoms with Gasteiger partial charge in [-0.1, -0.05) is 41.4 Å². The summed E-state index contributed by atoms with van der Waals surface area (Å²) in [5.74, 6) is -1.09. The van der Waals surface area contributed by atoms with Crippen molar-refractivity contribution >= 4 is 33.6 Å². The molecule has 1 aromatic carbocycles. The lowest BCUT2D eigenvalue weighted by Crippen LogP contribution is -2.58. The highest BCUT2D eigenvalue weighted by atomic mass is 79.9. The van der Waals surface area contributed by atoms with Crippen LogP contribution in [0, 0.1) is 0 Å². The first-order valence-electron chi connectivity index (χ1n) is 8.69. The summed E-state index contributed by atoms with van der Waals surface area (Å²) in [5, 5.41) is 9.93. The number of carboxylic acid groups (broad SMARTS) is 1. The number of hydrogen-bond acceptors (Lipinski definition) is 3. The second-order valence-corrected chi connectivity index (χ2v) is 7.50. The van der Waals surface area contributed by atoms with E-state index in [4.69, 9.17) is 0 Å². The Morgan fingerprint density at radius 3 is 2.32 bits per heavy atom. The van der Waals surface area contributed by atoms with Crippen LogP contribution in [0.5, 0.6) is 0 Å². The van der Waals surface area contributed by atoms with E-state index in [0.717, 1.165) is 22.9 Å². The van der Waals surface area contributed by atoms with Crippen LogP contribution in [0.4, 0.5) is 0 Å². The van der Waals surface area contributed by atoms with E-state index in [9.17, 15) is 19.5 Å². The van der Waals surface area contributed by atoms with Crippen molar-refractivity contribution in [1.82, 2.24) is 4.90 Å². The van der Waals surface area contributed by atoms with Crippen LogP contribution in [0.2, 0.25) is 0 Å². The Morgan fingerprint density at radius 2 is 1.80 bits per heavy atom. The Bertz CT molecular complexity index is 631. The molecule has 0 spiro atoms. The molecule has 1 amide bonds. The lowest BCUT2D eigenvalue weighted by atomic mass is 9.79. The number of carbonyl (C=O) groups excluding carboxylic acids is 2. The second kappa shape index (κ2) is 8.61. The van der Waals surface area contributed by atoms with Crippen molar-refractivity contribution in [3.05, 3.63) is 34.3 Å². The van der Waals surface area contributed by atoms with Crippen molar-refractivity contribution in [2.45, 2.75) is 64.0 Å². The fourth-order valence-electron chi connectivity index (χ4n) is 3.26. The molecule has 25 heavy (non-hydrogen) atoms. The van der Waals surface area contributed by atoms with Crippen molar-refractivity contribution in [2.24, 2.45) is 0 Å². The van der Waals surface area contributed by atoms with Gasteiger partial charge in [-0.05, 0) is 37.0 Å². The quantitative estimate of drug-likeness (QED) is 0.739. The zero-order valence-electron chi connectivity index (χ0n) is 14.5. The van der Waals surface area contributed by atoms with Crippen molar-refractivity contribution < 1.29 is 19.5 Å². The number of carboxylic acids is 1. The van der Waals surface area contributed by atoms with Gasteiger partial charge in [0.15, 0.2) is 0 Å². The van der Waals surface area contributed by atoms with Gasteiger partial charge in [0.05, 0.1) is 0 Å². The van der Waals surface area contributed by atoms with Crippen LogP contribution in [0.3, 0.4) is 0 Å². The molecule has 0 heterocycles. The number of unbranched alkanes of at least 4 members (excludes halogenated alkanes) is 1. The largest absolute Gasteiger partial charge is 0.479 e. The Labute approximate surface area is 156 Å². The topological polar surface area (TPSA) is 74.7 Å². The smallest absolute Gasteiger partial charge is 0.329 e. The molecule has 1 fully saturated rings. The predicted octanol–water partition coefficient (Wildman–Crippen LogP) is 3.93. The Hall–Kier alpha value is -1.69. The lowest BCUT2D eigenvalue weighted by Gasteiger charge is -2.43. The predicted molar refractivity (Wildman–Crippen MR) is 98.1 cm³/mol. The van der Waals surface area contributed by atoms with Gasteiger partial charge in [0.25, 0.3) is 0 Å². The zero-order valence-corrected chi connectivity index (χ0v) is 16.0. The SMILES string of the molecule is CCCCC(=O)N(Cc1ccc(Br)cc1)C1(C(=O)O)CCC(=O)CC1. The van der Waals surface area contributed by atoms with E-state index in [-0.39, 0.29) is 43.9 Å². The van der Waals surface area contributed by atoms with Crippen molar-refractivity contribution in [3.8, 4) is 0 Å². The van der Waals surface area contributed by atoms with Crippen molar-refractivity contribution in [2.75, 3.05) is 0 Å². The maximum absolute atomic E-state index is 12.8. The number of ketones is 1. The fourth-order valence-corrected chi connectivity index (χ4v) is 3.52. The average molecular weight is 410 g/mol. The first-order chi connectivity index (χ1) is 11.9. The summed E-state index contributed by atoms with van der Waals surface area (Å²) in [5.41, 5.74) is -0.406. The molecule has 1 aliphatic carbocycles. The van der Waals surface area contributed by atoms with Gasteiger partial charge in [-0.2, -0.15) is 0 Å². The molecule has 0 aromatic heterocycles. The van der Waals surface area contributed by atoms with Crippen LogP contribution in [-0.4, -0.2) is 33.2 Å². The van der Waals surface area contributed by atoms with E-state index < -0.39 is 11.5 Å². The first kappa shape index (κ1) is 19.6. The van der Waals surface area contributed by atoms with Gasteiger partial charge in [0.2, 0.25) is 5.91 Å². The van der Waals surface area contributed by atoms with Crippen LogP contribution < -0.4 is 0 Å². The minimum absolute atomic E-state index is 0.0708. The van der Waals surface area contributed by atoms with Crippen LogP contribution in [0.25, 0.3) is 0 Å². The Morgan fingerprint density at radius 1 is 1.20 bits per heavy atom. The summed E-state index contributed by atoms with van der Waals surface area (Å²) in [6.45, 7) is 2.24. The van der Waals surface area contributed by atoms with E-state index in [1.54, 1.807) is 0 Å². The minimum atomic E-state index is -1.29. The van der Waals surface area contributed by atoms with E-state index in [0.29, 0.717) is 6.42 Å². The molecule has 136 valence electrons. The van der Waals surface area contributed by atoms with Crippen LogP contribution in [0.1, 0.15) is 57.4 Å². The van der Waals surface area contributed by atoms with Gasteiger partial charge < -0.3 is 10.0 Å². The number of aliphatic carboxylic acids is 1. The van der Waals surface area contributed by atoms with Crippen LogP contribution in [0.15, 0.2) is 28.7 Å². The molecule has 6 heteroatoms. The van der Waals surface area contributed by atoms with E-state index in [1.807, 2.05) is 31.2 Å². The molecule has 2 rings (SSSR count). The van der Waals surface area contributed by atoms with Crippen LogP contribution in [-0.2, 0) is 20.9 Å². The molecule has 1 saturated carbocycles. The molecule has 5 nitrogen and oxygen atoms in total. The second-order valence-electron chi connectivity index (χ2n) is 6.59. The Kier molecular flexibility index (Phi) is 6.76. The number of Topliss-reactive ketones (excluding diaryl/α,β-unsaturated/α-hetero) is 1. The molecule has 0 bridgehead atoms. The number of halogens is 1. The number of benzene rings is 1. The highest BCUT2D eigenvalue weighted by molar-refractivity contribution is 9.10. The third kappa shape index (κ3) is 4.69. The third-order valence-corrected chi connectivity index (χ3v) is 5.38. The molecule has 0 aliphatic heterocycles. The third-order valence-electron chi connectivity index (χ3n) is 4.85. The Balaban J connectivity index is 2.33. The summed E-state index contributed by atoms with van der Waals surface area (Å²) >= 11 is 3.38. The van der Waals surface area contributed by atoms with E-state index >= 15 is 0 Å². The number of hydrogen-bond donors (Lipinski definition) is 1. The highest BCUT2D eigenvalue weighted by Crippen LogP contribution is 2.35. The monoisotopic (exact) mass is 409 g/mol.